The van der Waals surface area contributed by atoms with E-state index in [1.807, 2.05) is 18.2 Å². The summed E-state index contributed by atoms with van der Waals surface area (Å²) >= 11 is 0. The standard InChI is InChI=1S/C50H79N3O16P2/c1-3-5-7-9-11-12-13-14-15-16-17-18-19-20-22-26-31-35-46(56)67-42(38-64-45(55)34-30-27-23-25-29-33-41(54)32-28-24-21-10-8-6-4-2)39-65-70(60,61)69-71(62,63)66-40-43-47(57)48(58)49(68-43)53-37-36-44(51)52-50(53)59/h5-8,11-12,14-15,17-18,21,24,28,32,36-37,41-43,47-49,54,57-58H,3-4,9-10,13,16,19-20,22-23,25-27,29-31,33-35,38-40H2,1-2H3,(H,60,61)(H,62,63)(H2,51,52,59)/b7-5-,8-6+,12-11-,15-14-,18-17-,24-21+,32-28+/t41?,42-,43-,47-,48-,49-/m1/s1. The number of carbonyl (C=O) groups is 2. The number of ether oxygens (including phenoxy) is 3. The molecule has 0 spiro atoms. The van der Waals surface area contributed by atoms with Gasteiger partial charge in [0, 0.05) is 19.0 Å². The molecule has 0 saturated carbocycles. The summed E-state index contributed by atoms with van der Waals surface area (Å²) in [4.78, 5) is 61.9. The van der Waals surface area contributed by atoms with Crippen molar-refractivity contribution in [1.29, 1.82) is 0 Å². The fraction of sp³-hybridized carbons (Fsp3) is 0.600. The number of hydrogen-bond donors (Lipinski definition) is 6. The van der Waals surface area contributed by atoms with Gasteiger partial charge in [-0.1, -0.05) is 137 Å². The lowest BCUT2D eigenvalue weighted by Crippen LogP contribution is -2.36. The zero-order chi connectivity index (χ0) is 52.2. The van der Waals surface area contributed by atoms with Crippen LogP contribution in [0.25, 0.3) is 0 Å². The molecule has 0 bridgehead atoms. The molecule has 1 aromatic rings. The maximum Gasteiger partial charge on any atom is 0.481 e. The normalized spacial score (nSPS) is 20.3. The molecule has 0 radical (unpaired) electrons. The van der Waals surface area contributed by atoms with Gasteiger partial charge in [-0.05, 0) is 76.7 Å². The van der Waals surface area contributed by atoms with E-state index in [0.717, 1.165) is 101 Å². The Kier molecular flexibility index (Phi) is 33.4. The Morgan fingerprint density at radius 2 is 1.31 bits per heavy atom. The van der Waals surface area contributed by atoms with Crippen LogP contribution in [0, 0.1) is 0 Å². The SMILES string of the molecule is CC/C=C\C/C=C\C/C=C\C/C=C\CCCCCCC(=O)O[C@H](COC(=O)CCCCCCCC(O)/C=C/C=C/C/C=C/CC)COP(=O)(O)OP(=O)(O)OC[C@H]1O[C@@H](n2ccc(N)nc2=O)[C@H](O)[C@@H]1O. The number of anilines is 1. The third-order valence-electron chi connectivity index (χ3n) is 10.6. The van der Waals surface area contributed by atoms with Crippen molar-refractivity contribution in [3.63, 3.8) is 0 Å². The zero-order valence-electron chi connectivity index (χ0n) is 41.4. The number of carbonyl (C=O) groups excluding carboxylic acids is 2. The molecule has 21 heteroatoms. The van der Waals surface area contributed by atoms with Gasteiger partial charge in [0.05, 0.1) is 19.3 Å². The van der Waals surface area contributed by atoms with E-state index in [0.29, 0.717) is 19.3 Å². The van der Waals surface area contributed by atoms with Crippen LogP contribution in [0.5, 0.6) is 0 Å². The molecule has 400 valence electrons. The number of esters is 2. The molecule has 0 amide bonds. The Bertz CT molecular complexity index is 2040. The molecule has 1 aromatic heterocycles. The summed E-state index contributed by atoms with van der Waals surface area (Å²) in [6, 6.07) is 1.24. The third kappa shape index (κ3) is 30.5. The highest BCUT2D eigenvalue weighted by atomic mass is 31.3. The van der Waals surface area contributed by atoms with Crippen molar-refractivity contribution >= 4 is 33.4 Å². The van der Waals surface area contributed by atoms with Gasteiger partial charge >= 0.3 is 33.3 Å². The average Bonchev–Trinajstić information content (AvgIpc) is 3.60. The lowest BCUT2D eigenvalue weighted by molar-refractivity contribution is -0.161. The topological polar surface area (TPSA) is 286 Å². The third-order valence-corrected chi connectivity index (χ3v) is 13.2. The van der Waals surface area contributed by atoms with Crippen molar-refractivity contribution in [1.82, 2.24) is 9.55 Å². The molecule has 3 unspecified atom stereocenters. The number of aliphatic hydroxyl groups is 3. The highest BCUT2D eigenvalue weighted by Gasteiger charge is 2.46. The van der Waals surface area contributed by atoms with Crippen LogP contribution in [0.2, 0.25) is 0 Å². The van der Waals surface area contributed by atoms with E-state index < -0.39 is 89.8 Å². The van der Waals surface area contributed by atoms with Gasteiger partial charge in [0.2, 0.25) is 0 Å². The Morgan fingerprint density at radius 3 is 1.96 bits per heavy atom. The molecule has 0 aromatic carbocycles. The van der Waals surface area contributed by atoms with Crippen molar-refractivity contribution in [2.45, 2.75) is 173 Å². The Hall–Kier alpha value is -4.10. The monoisotopic (exact) mass is 1040 g/mol. The van der Waals surface area contributed by atoms with E-state index in [1.165, 1.54) is 6.07 Å². The summed E-state index contributed by atoms with van der Waals surface area (Å²) in [5, 5.41) is 31.1. The van der Waals surface area contributed by atoms with Crippen LogP contribution in [0.1, 0.15) is 142 Å². The van der Waals surface area contributed by atoms with E-state index in [1.54, 1.807) is 6.08 Å². The molecular weight excluding hydrogens is 961 g/mol. The summed E-state index contributed by atoms with van der Waals surface area (Å²) in [6.07, 6.45) is 35.4. The van der Waals surface area contributed by atoms with Crippen molar-refractivity contribution in [3.05, 3.63) is 108 Å². The van der Waals surface area contributed by atoms with Gasteiger partial charge in [0.25, 0.3) is 0 Å². The molecule has 7 N–H and O–H groups in total. The van der Waals surface area contributed by atoms with Crippen LogP contribution in [0.15, 0.2) is 102 Å². The first-order valence-electron chi connectivity index (χ1n) is 24.7. The van der Waals surface area contributed by atoms with Crippen molar-refractivity contribution < 1.29 is 71.4 Å². The predicted octanol–water partition coefficient (Wildman–Crippen LogP) is 8.86. The highest BCUT2D eigenvalue weighted by Crippen LogP contribution is 2.60. The Morgan fingerprint density at radius 1 is 0.746 bits per heavy atom. The molecule has 2 rings (SSSR count). The first-order chi connectivity index (χ1) is 34.1. The fourth-order valence-electron chi connectivity index (χ4n) is 6.78. The largest absolute Gasteiger partial charge is 0.481 e. The lowest BCUT2D eigenvalue weighted by atomic mass is 10.1. The second kappa shape index (κ2) is 37.6. The van der Waals surface area contributed by atoms with Crippen LogP contribution < -0.4 is 11.4 Å². The summed E-state index contributed by atoms with van der Waals surface area (Å²) in [5.41, 5.74) is 4.57. The Labute approximate surface area is 419 Å². The van der Waals surface area contributed by atoms with Gasteiger partial charge < -0.3 is 45.1 Å². The van der Waals surface area contributed by atoms with Gasteiger partial charge in [-0.25, -0.2) is 13.9 Å². The van der Waals surface area contributed by atoms with Crippen molar-refractivity contribution in [2.24, 2.45) is 0 Å². The number of allylic oxidation sites excluding steroid dienone is 13. The Balaban J connectivity index is 1.85. The summed E-state index contributed by atoms with van der Waals surface area (Å²) in [5.74, 6) is -1.42. The highest BCUT2D eigenvalue weighted by molar-refractivity contribution is 7.61. The first-order valence-corrected chi connectivity index (χ1v) is 27.7. The number of aliphatic hydroxyl groups excluding tert-OH is 3. The molecule has 19 nitrogen and oxygen atoms in total. The minimum Gasteiger partial charge on any atom is -0.462 e. The molecule has 1 fully saturated rings. The number of aromatic nitrogens is 2. The van der Waals surface area contributed by atoms with Crippen LogP contribution in [-0.2, 0) is 46.3 Å². The van der Waals surface area contributed by atoms with Crippen LogP contribution in [0.3, 0.4) is 0 Å². The summed E-state index contributed by atoms with van der Waals surface area (Å²) < 4.78 is 56.7. The fourth-order valence-corrected chi connectivity index (χ4v) is 8.89. The summed E-state index contributed by atoms with van der Waals surface area (Å²) in [6.45, 7) is 1.78. The number of nitrogen functional groups attached to an aromatic ring is 1. The molecule has 2 heterocycles. The van der Waals surface area contributed by atoms with Crippen LogP contribution in [-0.4, -0.2) is 96.9 Å². The quantitative estimate of drug-likeness (QED) is 0.0118. The maximum atomic E-state index is 12.9. The number of phosphoric ester groups is 2. The van der Waals surface area contributed by atoms with E-state index in [4.69, 9.17) is 29.0 Å². The number of nitrogens with zero attached hydrogens (tertiary/aromatic N) is 2. The van der Waals surface area contributed by atoms with Crippen LogP contribution in [0.4, 0.5) is 5.82 Å². The molecule has 0 aliphatic carbocycles. The molecular formula is C50H79N3O16P2. The minimum absolute atomic E-state index is 0.00316. The molecule has 1 aliphatic rings. The van der Waals surface area contributed by atoms with Gasteiger partial charge in [-0.3, -0.25) is 23.2 Å². The van der Waals surface area contributed by atoms with E-state index in [-0.39, 0.29) is 18.7 Å². The number of unbranched alkanes of at least 4 members (excludes halogenated alkanes) is 8. The maximum absolute atomic E-state index is 12.9. The lowest BCUT2D eigenvalue weighted by Gasteiger charge is -2.21. The van der Waals surface area contributed by atoms with E-state index in [9.17, 15) is 48.6 Å². The molecule has 1 aliphatic heterocycles. The molecule has 8 atom stereocenters. The molecule has 71 heavy (non-hydrogen) atoms. The zero-order valence-corrected chi connectivity index (χ0v) is 43.1. The van der Waals surface area contributed by atoms with Gasteiger partial charge in [-0.15, -0.1) is 0 Å². The number of rotatable bonds is 39. The number of phosphoric acid groups is 2. The van der Waals surface area contributed by atoms with Gasteiger partial charge in [-0.2, -0.15) is 9.29 Å². The van der Waals surface area contributed by atoms with Crippen LogP contribution >= 0.6 is 15.6 Å². The smallest absolute Gasteiger partial charge is 0.462 e. The van der Waals surface area contributed by atoms with Crippen molar-refractivity contribution in [2.75, 3.05) is 25.6 Å². The predicted molar refractivity (Wildman–Crippen MR) is 271 cm³/mol. The molecule has 1 saturated heterocycles. The first kappa shape index (κ1) is 63.0. The summed E-state index contributed by atoms with van der Waals surface area (Å²) in [7, 11) is -10.9. The minimum atomic E-state index is -5.45. The van der Waals surface area contributed by atoms with Gasteiger partial charge in [0.15, 0.2) is 12.3 Å². The number of nitrogens with two attached hydrogens (primary N) is 1. The van der Waals surface area contributed by atoms with E-state index in [2.05, 4.69) is 83.9 Å². The average molecular weight is 1040 g/mol. The van der Waals surface area contributed by atoms with Crippen molar-refractivity contribution in [3.8, 4) is 0 Å². The van der Waals surface area contributed by atoms with E-state index >= 15 is 0 Å². The van der Waals surface area contributed by atoms with Gasteiger partial charge in [0.1, 0.15) is 30.7 Å². The second-order valence-corrected chi connectivity index (χ2v) is 19.8. The second-order valence-electron chi connectivity index (χ2n) is 16.7. The number of hydrogen-bond acceptors (Lipinski definition) is 16.